The van der Waals surface area contributed by atoms with Gasteiger partial charge >= 0.3 is 0 Å². The van der Waals surface area contributed by atoms with E-state index in [0.717, 1.165) is 35.4 Å². The highest BCUT2D eigenvalue weighted by Gasteiger charge is 2.29. The standard InChI is InChI=1S/C23H27ClN6O/c1-15-20(14-29(4)27-15)22(31)30-10-8-16(9-11-30)21-19(13-25-23(26-21)28(2)3)17-6-5-7-18(24)12-17/h5-7,12-14,16H,8-11H2,1-4H3. The summed E-state index contributed by atoms with van der Waals surface area (Å²) in [6, 6.07) is 7.79. The number of benzene rings is 1. The summed E-state index contributed by atoms with van der Waals surface area (Å²) in [4.78, 5) is 26.2. The van der Waals surface area contributed by atoms with Gasteiger partial charge in [0.15, 0.2) is 0 Å². The fourth-order valence-corrected chi connectivity index (χ4v) is 4.32. The van der Waals surface area contributed by atoms with Gasteiger partial charge in [0, 0.05) is 63.1 Å². The van der Waals surface area contributed by atoms with Crippen molar-refractivity contribution >= 4 is 23.5 Å². The molecule has 7 nitrogen and oxygen atoms in total. The van der Waals surface area contributed by atoms with Crippen molar-refractivity contribution in [3.63, 3.8) is 0 Å². The van der Waals surface area contributed by atoms with Gasteiger partial charge in [-0.1, -0.05) is 23.7 Å². The number of hydrogen-bond acceptors (Lipinski definition) is 5. The molecule has 0 N–H and O–H groups in total. The lowest BCUT2D eigenvalue weighted by atomic mass is 9.88. The lowest BCUT2D eigenvalue weighted by Crippen LogP contribution is -2.38. The zero-order chi connectivity index (χ0) is 22.1. The minimum Gasteiger partial charge on any atom is -0.347 e. The number of carbonyl (C=O) groups excluding carboxylic acids is 1. The molecular weight excluding hydrogens is 412 g/mol. The molecule has 1 saturated heterocycles. The van der Waals surface area contributed by atoms with Gasteiger partial charge in [0.2, 0.25) is 5.95 Å². The molecule has 3 aromatic rings. The van der Waals surface area contributed by atoms with Crippen LogP contribution < -0.4 is 4.90 Å². The largest absolute Gasteiger partial charge is 0.347 e. The van der Waals surface area contributed by atoms with Crippen LogP contribution in [0.3, 0.4) is 0 Å². The number of amides is 1. The molecule has 0 bridgehead atoms. The van der Waals surface area contributed by atoms with Gasteiger partial charge in [0.25, 0.3) is 5.91 Å². The van der Waals surface area contributed by atoms with Gasteiger partial charge in [-0.05, 0) is 37.5 Å². The van der Waals surface area contributed by atoms with Crippen molar-refractivity contribution in [3.8, 4) is 11.1 Å². The molecule has 0 aliphatic carbocycles. The Morgan fingerprint density at radius 1 is 1.23 bits per heavy atom. The monoisotopic (exact) mass is 438 g/mol. The van der Waals surface area contributed by atoms with Crippen LogP contribution in [0.5, 0.6) is 0 Å². The Morgan fingerprint density at radius 2 is 1.97 bits per heavy atom. The lowest BCUT2D eigenvalue weighted by Gasteiger charge is -2.32. The molecule has 4 rings (SSSR count). The Labute approximate surface area is 187 Å². The predicted octanol–water partition coefficient (Wildman–Crippen LogP) is 3.92. The molecule has 1 fully saturated rings. The summed E-state index contributed by atoms with van der Waals surface area (Å²) >= 11 is 6.24. The molecule has 3 heterocycles. The van der Waals surface area contributed by atoms with E-state index in [9.17, 15) is 4.79 Å². The molecule has 1 amide bonds. The zero-order valence-electron chi connectivity index (χ0n) is 18.3. The van der Waals surface area contributed by atoms with E-state index in [1.54, 1.807) is 10.9 Å². The van der Waals surface area contributed by atoms with E-state index < -0.39 is 0 Å². The van der Waals surface area contributed by atoms with E-state index in [-0.39, 0.29) is 11.8 Å². The second-order valence-corrected chi connectivity index (χ2v) is 8.68. The number of halogens is 1. The van der Waals surface area contributed by atoms with Gasteiger partial charge in [-0.3, -0.25) is 9.48 Å². The SMILES string of the molecule is Cc1nn(C)cc1C(=O)N1CCC(c2nc(N(C)C)ncc2-c2cccc(Cl)c2)CC1. The molecule has 162 valence electrons. The maximum Gasteiger partial charge on any atom is 0.257 e. The van der Waals surface area contributed by atoms with Crippen LogP contribution >= 0.6 is 11.6 Å². The number of nitrogens with zero attached hydrogens (tertiary/aromatic N) is 6. The third-order valence-electron chi connectivity index (χ3n) is 5.75. The van der Waals surface area contributed by atoms with Crippen LogP contribution in [0.15, 0.2) is 36.7 Å². The van der Waals surface area contributed by atoms with E-state index >= 15 is 0 Å². The highest BCUT2D eigenvalue weighted by molar-refractivity contribution is 6.30. The third kappa shape index (κ3) is 4.42. The smallest absolute Gasteiger partial charge is 0.257 e. The highest BCUT2D eigenvalue weighted by Crippen LogP contribution is 2.35. The quantitative estimate of drug-likeness (QED) is 0.617. The Balaban J connectivity index is 1.59. The first kappa shape index (κ1) is 21.3. The molecule has 8 heteroatoms. The van der Waals surface area contributed by atoms with Crippen molar-refractivity contribution in [3.05, 3.63) is 58.6 Å². The van der Waals surface area contributed by atoms with Crippen molar-refractivity contribution in [1.29, 1.82) is 0 Å². The number of anilines is 1. The Kier molecular flexibility index (Phi) is 5.96. The summed E-state index contributed by atoms with van der Waals surface area (Å²) in [5, 5.41) is 4.99. The predicted molar refractivity (Wildman–Crippen MR) is 123 cm³/mol. The van der Waals surface area contributed by atoms with Crippen LogP contribution in [-0.4, -0.2) is 57.7 Å². The maximum atomic E-state index is 13.0. The molecule has 31 heavy (non-hydrogen) atoms. The molecule has 0 radical (unpaired) electrons. The Bertz CT molecular complexity index is 1100. The number of hydrogen-bond donors (Lipinski definition) is 0. The minimum atomic E-state index is 0.0517. The van der Waals surface area contributed by atoms with Gasteiger partial charge in [0.1, 0.15) is 0 Å². The summed E-state index contributed by atoms with van der Waals surface area (Å²) in [5.74, 6) is 0.982. The van der Waals surface area contributed by atoms with Crippen LogP contribution in [-0.2, 0) is 7.05 Å². The maximum absolute atomic E-state index is 13.0. The van der Waals surface area contributed by atoms with Crippen molar-refractivity contribution in [2.24, 2.45) is 7.05 Å². The summed E-state index contributed by atoms with van der Waals surface area (Å²) in [6.07, 6.45) is 5.39. The van der Waals surface area contributed by atoms with Gasteiger partial charge in [-0.15, -0.1) is 0 Å². The molecule has 1 aliphatic rings. The average molecular weight is 439 g/mol. The van der Waals surface area contributed by atoms with Crippen molar-refractivity contribution in [2.45, 2.75) is 25.7 Å². The molecule has 0 atom stereocenters. The first-order valence-corrected chi connectivity index (χ1v) is 10.8. The number of aromatic nitrogens is 4. The van der Waals surface area contributed by atoms with Crippen LogP contribution in [0, 0.1) is 6.92 Å². The summed E-state index contributed by atoms with van der Waals surface area (Å²) in [7, 11) is 5.72. The first-order chi connectivity index (χ1) is 14.8. The average Bonchev–Trinajstić information content (AvgIpc) is 3.10. The van der Waals surface area contributed by atoms with Gasteiger partial charge < -0.3 is 9.80 Å². The number of rotatable bonds is 4. The lowest BCUT2D eigenvalue weighted by molar-refractivity contribution is 0.0711. The second-order valence-electron chi connectivity index (χ2n) is 8.24. The third-order valence-corrected chi connectivity index (χ3v) is 5.99. The Morgan fingerprint density at radius 3 is 2.58 bits per heavy atom. The van der Waals surface area contributed by atoms with Crippen molar-refractivity contribution in [1.82, 2.24) is 24.6 Å². The fourth-order valence-electron chi connectivity index (χ4n) is 4.13. The minimum absolute atomic E-state index is 0.0517. The zero-order valence-corrected chi connectivity index (χ0v) is 19.1. The van der Waals surface area contributed by atoms with E-state index in [1.807, 2.05) is 68.3 Å². The van der Waals surface area contributed by atoms with E-state index in [4.69, 9.17) is 16.6 Å². The number of aryl methyl sites for hydroxylation is 2. The Hall–Kier alpha value is -2.93. The normalized spacial score (nSPS) is 14.7. The fraction of sp³-hybridized carbons (Fsp3) is 0.391. The summed E-state index contributed by atoms with van der Waals surface area (Å²) < 4.78 is 1.69. The van der Waals surface area contributed by atoms with Gasteiger partial charge in [-0.25, -0.2) is 9.97 Å². The number of carbonyl (C=O) groups is 1. The van der Waals surface area contributed by atoms with Crippen LogP contribution in [0.2, 0.25) is 5.02 Å². The number of likely N-dealkylation sites (tertiary alicyclic amines) is 1. The molecule has 1 aromatic carbocycles. The summed E-state index contributed by atoms with van der Waals surface area (Å²) in [5.41, 5.74) is 4.48. The van der Waals surface area contributed by atoms with Crippen LogP contribution in [0.4, 0.5) is 5.95 Å². The molecule has 0 spiro atoms. The van der Waals surface area contributed by atoms with Crippen LogP contribution in [0.25, 0.3) is 11.1 Å². The molecule has 1 aliphatic heterocycles. The summed E-state index contributed by atoms with van der Waals surface area (Å²) in [6.45, 7) is 3.25. The van der Waals surface area contributed by atoms with E-state index in [1.165, 1.54) is 0 Å². The number of piperidine rings is 1. The molecule has 0 unspecified atom stereocenters. The van der Waals surface area contributed by atoms with E-state index in [0.29, 0.717) is 29.6 Å². The molecular formula is C23H27ClN6O. The van der Waals surface area contributed by atoms with Crippen molar-refractivity contribution in [2.75, 3.05) is 32.1 Å². The van der Waals surface area contributed by atoms with Crippen LogP contribution in [0.1, 0.15) is 40.5 Å². The second kappa shape index (κ2) is 8.67. The molecule has 0 saturated carbocycles. The van der Waals surface area contributed by atoms with Crippen molar-refractivity contribution < 1.29 is 4.79 Å². The van der Waals surface area contributed by atoms with Gasteiger partial charge in [-0.2, -0.15) is 5.10 Å². The highest BCUT2D eigenvalue weighted by atomic mass is 35.5. The first-order valence-electron chi connectivity index (χ1n) is 10.4. The van der Waals surface area contributed by atoms with E-state index in [2.05, 4.69) is 10.1 Å². The molecule has 2 aromatic heterocycles. The topological polar surface area (TPSA) is 67.2 Å². The van der Waals surface area contributed by atoms with Gasteiger partial charge in [0.05, 0.1) is 17.0 Å².